The first-order valence-electron chi connectivity index (χ1n) is 14.1. The van der Waals surface area contributed by atoms with Crippen LogP contribution in [0.3, 0.4) is 0 Å². The summed E-state index contributed by atoms with van der Waals surface area (Å²) < 4.78 is 23.1. The monoisotopic (exact) mass is 585 g/mol. The molecular formula is C31H32FN7O4. The number of nitrogens with one attached hydrogen (secondary N) is 1. The molecule has 0 aliphatic carbocycles. The van der Waals surface area contributed by atoms with E-state index in [4.69, 9.17) is 4.42 Å². The van der Waals surface area contributed by atoms with Crippen LogP contribution in [0.15, 0.2) is 70.6 Å². The number of amides is 1. The molecule has 12 heteroatoms. The molecule has 0 unspecified atom stereocenters. The lowest BCUT2D eigenvalue weighted by atomic mass is 9.91. The number of carbonyl (C=O) groups excluding carboxylic acids is 1. The van der Waals surface area contributed by atoms with Crippen LogP contribution >= 0.6 is 0 Å². The van der Waals surface area contributed by atoms with Gasteiger partial charge in [-0.15, -0.1) is 0 Å². The fourth-order valence-corrected chi connectivity index (χ4v) is 5.57. The Bertz CT molecular complexity index is 1820. The number of nitrogens with zero attached hydrogens (tertiary/aromatic N) is 6. The molecule has 222 valence electrons. The van der Waals surface area contributed by atoms with Gasteiger partial charge < -0.3 is 14.8 Å². The van der Waals surface area contributed by atoms with Gasteiger partial charge in [-0.2, -0.15) is 5.10 Å². The zero-order valence-corrected chi connectivity index (χ0v) is 24.0. The van der Waals surface area contributed by atoms with E-state index < -0.39 is 5.60 Å². The number of aromatic nitrogens is 5. The van der Waals surface area contributed by atoms with E-state index in [1.165, 1.54) is 30.3 Å². The fourth-order valence-electron chi connectivity index (χ4n) is 5.57. The largest absolute Gasteiger partial charge is 0.444 e. The second-order valence-corrected chi connectivity index (χ2v) is 11.1. The summed E-state index contributed by atoms with van der Waals surface area (Å²) in [5, 5.41) is 18.6. The van der Waals surface area contributed by atoms with E-state index >= 15 is 0 Å². The van der Waals surface area contributed by atoms with Crippen molar-refractivity contribution in [3.8, 4) is 22.6 Å². The summed E-state index contributed by atoms with van der Waals surface area (Å²) in [6.07, 6.45) is 5.17. The molecule has 43 heavy (non-hydrogen) atoms. The number of rotatable bonds is 8. The van der Waals surface area contributed by atoms with Crippen molar-refractivity contribution in [3.63, 3.8) is 0 Å². The number of fused-ring (bicyclic) bond motifs is 1. The molecule has 1 aliphatic heterocycles. The normalized spacial score (nSPS) is 15.2. The second kappa shape index (κ2) is 11.5. The standard InChI is InChI=1S/C31H32FN7O4/c1-20(40)34-14-21-3-5-22(6-4-21)29-27-28(36-37(29)2)30(41)39(18-35-27)17-31(42)9-11-38(12-10-31)16-24-8-7-23(13-25(24)32)26-15-33-19-43-26/h3-8,13,15,18-19,42H,9-12,14,16-17H2,1-2H3,(H,34,40). The summed E-state index contributed by atoms with van der Waals surface area (Å²) >= 11 is 0. The summed E-state index contributed by atoms with van der Waals surface area (Å²) in [5.41, 5.74) is 2.97. The van der Waals surface area contributed by atoms with E-state index in [2.05, 4.69) is 25.3 Å². The molecule has 5 aromatic rings. The molecule has 4 heterocycles. The predicted molar refractivity (Wildman–Crippen MR) is 157 cm³/mol. The van der Waals surface area contributed by atoms with Crippen LogP contribution in [-0.2, 0) is 31.5 Å². The molecule has 2 aromatic carbocycles. The van der Waals surface area contributed by atoms with Gasteiger partial charge in [-0.05, 0) is 24.5 Å². The van der Waals surface area contributed by atoms with Crippen molar-refractivity contribution in [2.75, 3.05) is 13.1 Å². The van der Waals surface area contributed by atoms with Gasteiger partial charge in [0, 0.05) is 56.8 Å². The Labute approximate surface area is 246 Å². The van der Waals surface area contributed by atoms with Gasteiger partial charge in [0.1, 0.15) is 11.3 Å². The Kier molecular flexibility index (Phi) is 7.63. The van der Waals surface area contributed by atoms with Crippen LogP contribution in [0, 0.1) is 5.82 Å². The Hall–Kier alpha value is -4.68. The number of halogens is 1. The lowest BCUT2D eigenvalue weighted by Gasteiger charge is -2.38. The van der Waals surface area contributed by atoms with E-state index in [1.807, 2.05) is 24.3 Å². The van der Waals surface area contributed by atoms with Crippen molar-refractivity contribution >= 4 is 16.9 Å². The molecule has 0 radical (unpaired) electrons. The highest BCUT2D eigenvalue weighted by Crippen LogP contribution is 2.28. The third-order valence-electron chi connectivity index (χ3n) is 8.00. The number of benzene rings is 2. The van der Waals surface area contributed by atoms with Crippen molar-refractivity contribution in [2.24, 2.45) is 7.05 Å². The van der Waals surface area contributed by atoms with E-state index in [0.29, 0.717) is 67.1 Å². The third kappa shape index (κ3) is 5.97. The molecule has 1 saturated heterocycles. The predicted octanol–water partition coefficient (Wildman–Crippen LogP) is 3.25. The Morgan fingerprint density at radius 2 is 1.86 bits per heavy atom. The molecule has 2 N–H and O–H groups in total. The van der Waals surface area contributed by atoms with E-state index in [0.717, 1.165) is 11.1 Å². The Morgan fingerprint density at radius 3 is 2.53 bits per heavy atom. The van der Waals surface area contributed by atoms with Crippen LogP contribution in [0.5, 0.6) is 0 Å². The van der Waals surface area contributed by atoms with Crippen LogP contribution in [-0.4, -0.2) is 58.9 Å². The number of hydrogen-bond acceptors (Lipinski definition) is 8. The van der Waals surface area contributed by atoms with Crippen LogP contribution in [0.25, 0.3) is 33.6 Å². The number of likely N-dealkylation sites (tertiary alicyclic amines) is 1. The SMILES string of the molecule is CC(=O)NCc1ccc(-c2c3ncn(CC4(O)CCN(Cc5ccc(-c6cnco6)cc5F)CC4)c(=O)c3nn2C)cc1. The molecular weight excluding hydrogens is 553 g/mol. The molecule has 1 aliphatic rings. The summed E-state index contributed by atoms with van der Waals surface area (Å²) in [4.78, 5) is 35.2. The highest BCUT2D eigenvalue weighted by molar-refractivity contribution is 5.89. The summed E-state index contributed by atoms with van der Waals surface area (Å²) in [6.45, 7) is 3.51. The Balaban J connectivity index is 1.13. The third-order valence-corrected chi connectivity index (χ3v) is 8.00. The number of aryl methyl sites for hydroxylation is 1. The van der Waals surface area contributed by atoms with Gasteiger partial charge in [-0.3, -0.25) is 23.7 Å². The first kappa shape index (κ1) is 28.4. The van der Waals surface area contributed by atoms with Crippen molar-refractivity contribution in [2.45, 2.75) is 45.0 Å². The van der Waals surface area contributed by atoms with Gasteiger partial charge in [0.25, 0.3) is 5.56 Å². The molecule has 3 aromatic heterocycles. The van der Waals surface area contributed by atoms with Crippen molar-refractivity contribution in [3.05, 3.63) is 88.7 Å². The van der Waals surface area contributed by atoms with Crippen molar-refractivity contribution in [1.82, 2.24) is 34.5 Å². The average Bonchev–Trinajstić information content (AvgIpc) is 3.65. The number of aliphatic hydroxyl groups is 1. The van der Waals surface area contributed by atoms with Gasteiger partial charge >= 0.3 is 0 Å². The van der Waals surface area contributed by atoms with E-state index in [-0.39, 0.29) is 29.3 Å². The first-order chi connectivity index (χ1) is 20.7. The second-order valence-electron chi connectivity index (χ2n) is 11.1. The zero-order chi connectivity index (χ0) is 30.1. The van der Waals surface area contributed by atoms with Gasteiger partial charge in [0.15, 0.2) is 17.7 Å². The van der Waals surface area contributed by atoms with Crippen LogP contribution in [0.1, 0.15) is 30.9 Å². The topological polar surface area (TPSA) is 131 Å². The van der Waals surface area contributed by atoms with E-state index in [1.54, 1.807) is 30.1 Å². The maximum atomic E-state index is 14.8. The fraction of sp³-hybridized carbons (Fsp3) is 0.323. The minimum atomic E-state index is -1.11. The lowest BCUT2D eigenvalue weighted by molar-refractivity contribution is -0.119. The van der Waals surface area contributed by atoms with Crippen LogP contribution < -0.4 is 10.9 Å². The van der Waals surface area contributed by atoms with Crippen molar-refractivity contribution in [1.29, 1.82) is 0 Å². The summed E-state index contributed by atoms with van der Waals surface area (Å²) in [5.74, 6) is 0.0855. The van der Waals surface area contributed by atoms with Crippen LogP contribution in [0.2, 0.25) is 0 Å². The smallest absolute Gasteiger partial charge is 0.281 e. The summed E-state index contributed by atoms with van der Waals surface area (Å²) in [7, 11) is 1.76. The van der Waals surface area contributed by atoms with Crippen molar-refractivity contribution < 1.29 is 18.7 Å². The molecule has 1 fully saturated rings. The number of carbonyl (C=O) groups is 1. The number of piperidine rings is 1. The average molecular weight is 586 g/mol. The maximum Gasteiger partial charge on any atom is 0.281 e. The molecule has 0 atom stereocenters. The Morgan fingerprint density at radius 1 is 1.12 bits per heavy atom. The van der Waals surface area contributed by atoms with E-state index in [9.17, 15) is 19.1 Å². The molecule has 6 rings (SSSR count). The summed E-state index contributed by atoms with van der Waals surface area (Å²) in [6, 6.07) is 12.6. The minimum absolute atomic E-state index is 0.0899. The molecule has 0 spiro atoms. The molecule has 0 saturated carbocycles. The first-order valence-corrected chi connectivity index (χ1v) is 14.1. The molecule has 11 nitrogen and oxygen atoms in total. The number of oxazole rings is 1. The maximum absolute atomic E-state index is 14.8. The molecule has 1 amide bonds. The van der Waals surface area contributed by atoms with Gasteiger partial charge in [-0.1, -0.05) is 36.4 Å². The zero-order valence-electron chi connectivity index (χ0n) is 24.0. The minimum Gasteiger partial charge on any atom is -0.444 e. The molecule has 0 bridgehead atoms. The lowest BCUT2D eigenvalue weighted by Crippen LogP contribution is -2.47. The van der Waals surface area contributed by atoms with Gasteiger partial charge in [0.2, 0.25) is 5.91 Å². The van der Waals surface area contributed by atoms with Gasteiger partial charge in [0.05, 0.1) is 30.4 Å². The quantitative estimate of drug-likeness (QED) is 0.284. The van der Waals surface area contributed by atoms with Crippen LogP contribution in [0.4, 0.5) is 4.39 Å². The van der Waals surface area contributed by atoms with Gasteiger partial charge in [-0.25, -0.2) is 14.4 Å². The number of hydrogen-bond donors (Lipinski definition) is 2. The highest BCUT2D eigenvalue weighted by Gasteiger charge is 2.33. The highest BCUT2D eigenvalue weighted by atomic mass is 19.1.